The summed E-state index contributed by atoms with van der Waals surface area (Å²) < 4.78 is 6.11. The normalized spacial score (nSPS) is 18.9. The lowest BCUT2D eigenvalue weighted by Crippen LogP contribution is -2.51. The number of aliphatic hydroxyl groups is 1. The Labute approximate surface area is 212 Å². The SMILES string of the molecule is CNC(=O)c1ccc(-c2ccc([C@H](C)N3CCC(CC(C)(C)O)(c4ccccc4)OC3=O)cc2)nc1. The summed E-state index contributed by atoms with van der Waals surface area (Å²) in [6.07, 6.45) is 2.06. The van der Waals surface area contributed by atoms with E-state index in [1.807, 2.05) is 67.6 Å². The standard InChI is InChI=1S/C29H33N3O4/c1-20(21-10-12-22(13-11-21)25-15-14-23(18-31-25)26(33)30-4)32-17-16-29(36-27(32)34,19-28(2,3)35)24-8-6-5-7-9-24/h5-15,18,20,35H,16-17,19H2,1-4H3,(H,30,33)/t20-,29?/m0/s1. The summed E-state index contributed by atoms with van der Waals surface area (Å²) in [6, 6.07) is 20.9. The van der Waals surface area contributed by atoms with E-state index in [-0.39, 0.29) is 11.9 Å². The average molecular weight is 488 g/mol. The monoisotopic (exact) mass is 487 g/mol. The van der Waals surface area contributed by atoms with Gasteiger partial charge in [0.15, 0.2) is 0 Å². The van der Waals surface area contributed by atoms with Gasteiger partial charge in [-0.1, -0.05) is 54.6 Å². The second kappa shape index (κ2) is 10.1. The molecule has 1 fully saturated rings. The molecular formula is C29H33N3O4. The van der Waals surface area contributed by atoms with Crippen LogP contribution in [0.2, 0.25) is 0 Å². The molecule has 1 saturated heterocycles. The molecule has 0 bridgehead atoms. The molecule has 2 amide bonds. The van der Waals surface area contributed by atoms with Gasteiger partial charge in [-0.25, -0.2) is 4.79 Å². The average Bonchev–Trinajstić information content (AvgIpc) is 2.88. The molecule has 1 unspecified atom stereocenters. The van der Waals surface area contributed by atoms with Gasteiger partial charge in [0.05, 0.1) is 22.9 Å². The molecule has 36 heavy (non-hydrogen) atoms. The Kier molecular flexibility index (Phi) is 7.13. The van der Waals surface area contributed by atoms with E-state index in [9.17, 15) is 14.7 Å². The number of hydrogen-bond donors (Lipinski definition) is 2. The summed E-state index contributed by atoms with van der Waals surface area (Å²) in [5.41, 5.74) is 2.20. The number of nitrogens with one attached hydrogen (secondary N) is 1. The van der Waals surface area contributed by atoms with Gasteiger partial charge in [0.25, 0.3) is 5.91 Å². The molecule has 2 N–H and O–H groups in total. The number of amides is 2. The highest BCUT2D eigenvalue weighted by Gasteiger charge is 2.46. The Morgan fingerprint density at radius 1 is 1.14 bits per heavy atom. The maximum absolute atomic E-state index is 13.3. The smallest absolute Gasteiger partial charge is 0.411 e. The van der Waals surface area contributed by atoms with Gasteiger partial charge in [-0.05, 0) is 44.0 Å². The van der Waals surface area contributed by atoms with Crippen molar-refractivity contribution >= 4 is 12.0 Å². The number of ether oxygens (including phenoxy) is 1. The third-order valence-corrected chi connectivity index (χ3v) is 6.70. The van der Waals surface area contributed by atoms with Crippen molar-refractivity contribution in [2.45, 2.75) is 50.9 Å². The van der Waals surface area contributed by atoms with Gasteiger partial charge in [0, 0.05) is 38.2 Å². The highest BCUT2D eigenvalue weighted by molar-refractivity contribution is 5.93. The first-order chi connectivity index (χ1) is 17.1. The number of benzene rings is 2. The first-order valence-electron chi connectivity index (χ1n) is 12.2. The Bertz CT molecular complexity index is 1200. The maximum Gasteiger partial charge on any atom is 0.411 e. The van der Waals surface area contributed by atoms with E-state index in [0.717, 1.165) is 22.4 Å². The first kappa shape index (κ1) is 25.4. The maximum atomic E-state index is 13.3. The summed E-state index contributed by atoms with van der Waals surface area (Å²) in [5, 5.41) is 13.2. The Morgan fingerprint density at radius 3 is 2.39 bits per heavy atom. The topological polar surface area (TPSA) is 91.8 Å². The molecule has 7 heteroatoms. The summed E-state index contributed by atoms with van der Waals surface area (Å²) in [6.45, 7) is 5.97. The van der Waals surface area contributed by atoms with Gasteiger partial charge in [-0.2, -0.15) is 0 Å². The van der Waals surface area contributed by atoms with Crippen molar-refractivity contribution in [1.29, 1.82) is 0 Å². The Balaban J connectivity index is 1.50. The van der Waals surface area contributed by atoms with Crippen molar-refractivity contribution in [3.8, 4) is 11.3 Å². The van der Waals surface area contributed by atoms with Crippen LogP contribution in [0.15, 0.2) is 72.9 Å². The van der Waals surface area contributed by atoms with E-state index in [1.165, 1.54) is 0 Å². The zero-order valence-corrected chi connectivity index (χ0v) is 21.2. The molecule has 0 saturated carbocycles. The fraction of sp³-hybridized carbons (Fsp3) is 0.345. The number of carbonyl (C=O) groups excluding carboxylic acids is 2. The highest BCUT2D eigenvalue weighted by Crippen LogP contribution is 2.42. The van der Waals surface area contributed by atoms with Crippen molar-refractivity contribution in [3.63, 3.8) is 0 Å². The molecule has 2 atom stereocenters. The van der Waals surface area contributed by atoms with Gasteiger partial charge in [0.2, 0.25) is 0 Å². The van der Waals surface area contributed by atoms with Gasteiger partial charge in [-0.3, -0.25) is 9.78 Å². The van der Waals surface area contributed by atoms with Crippen LogP contribution in [0.25, 0.3) is 11.3 Å². The molecule has 2 heterocycles. The van der Waals surface area contributed by atoms with E-state index in [2.05, 4.69) is 10.3 Å². The fourth-order valence-electron chi connectivity index (χ4n) is 4.85. The van der Waals surface area contributed by atoms with Crippen LogP contribution >= 0.6 is 0 Å². The van der Waals surface area contributed by atoms with Crippen molar-refractivity contribution in [2.24, 2.45) is 0 Å². The second-order valence-electron chi connectivity index (χ2n) is 9.97. The first-order valence-corrected chi connectivity index (χ1v) is 12.2. The molecule has 0 aliphatic carbocycles. The number of pyridine rings is 1. The highest BCUT2D eigenvalue weighted by atomic mass is 16.6. The lowest BCUT2D eigenvalue weighted by Gasteiger charge is -2.45. The van der Waals surface area contributed by atoms with Gasteiger partial charge >= 0.3 is 6.09 Å². The molecule has 3 aromatic rings. The molecule has 0 spiro atoms. The van der Waals surface area contributed by atoms with E-state index in [1.54, 1.807) is 38.1 Å². The van der Waals surface area contributed by atoms with Crippen LogP contribution in [0.3, 0.4) is 0 Å². The quantitative estimate of drug-likeness (QED) is 0.486. The molecule has 1 aliphatic heterocycles. The summed E-state index contributed by atoms with van der Waals surface area (Å²) in [7, 11) is 1.59. The predicted octanol–water partition coefficient (Wildman–Crippen LogP) is 5.07. The van der Waals surface area contributed by atoms with Gasteiger partial charge < -0.3 is 20.1 Å². The number of hydrogen-bond acceptors (Lipinski definition) is 5. The fourth-order valence-corrected chi connectivity index (χ4v) is 4.85. The van der Waals surface area contributed by atoms with Gasteiger partial charge in [-0.15, -0.1) is 0 Å². The molecule has 1 aromatic heterocycles. The molecule has 4 rings (SSSR count). The van der Waals surface area contributed by atoms with E-state index >= 15 is 0 Å². The molecular weight excluding hydrogens is 454 g/mol. The number of cyclic esters (lactones) is 1. The zero-order valence-electron chi connectivity index (χ0n) is 21.2. The Hall–Kier alpha value is -3.71. The minimum atomic E-state index is -0.994. The van der Waals surface area contributed by atoms with Crippen LogP contribution in [0.4, 0.5) is 4.79 Å². The van der Waals surface area contributed by atoms with Crippen LogP contribution in [0, 0.1) is 0 Å². The van der Waals surface area contributed by atoms with Crippen LogP contribution in [-0.2, 0) is 10.3 Å². The minimum absolute atomic E-state index is 0.175. The van der Waals surface area contributed by atoms with Crippen LogP contribution in [-0.4, -0.2) is 46.2 Å². The number of aromatic nitrogens is 1. The van der Waals surface area contributed by atoms with Crippen LogP contribution in [0.1, 0.15) is 61.1 Å². The third-order valence-electron chi connectivity index (χ3n) is 6.70. The lowest BCUT2D eigenvalue weighted by atomic mass is 9.80. The minimum Gasteiger partial charge on any atom is -0.438 e. The zero-order chi connectivity index (χ0) is 25.9. The van der Waals surface area contributed by atoms with Crippen LogP contribution < -0.4 is 5.32 Å². The Morgan fingerprint density at radius 2 is 1.83 bits per heavy atom. The molecule has 2 aromatic carbocycles. The van der Waals surface area contributed by atoms with Gasteiger partial charge in [0.1, 0.15) is 5.60 Å². The largest absolute Gasteiger partial charge is 0.438 e. The van der Waals surface area contributed by atoms with Crippen molar-refractivity contribution < 1.29 is 19.4 Å². The van der Waals surface area contributed by atoms with Crippen molar-refractivity contribution in [1.82, 2.24) is 15.2 Å². The van der Waals surface area contributed by atoms with E-state index < -0.39 is 17.3 Å². The third kappa shape index (κ3) is 5.41. The lowest BCUT2D eigenvalue weighted by molar-refractivity contribution is -0.101. The summed E-state index contributed by atoms with van der Waals surface area (Å²) in [5.74, 6) is -0.175. The molecule has 188 valence electrons. The van der Waals surface area contributed by atoms with Crippen molar-refractivity contribution in [3.05, 3.63) is 89.6 Å². The molecule has 1 aliphatic rings. The van der Waals surface area contributed by atoms with Crippen molar-refractivity contribution in [2.75, 3.05) is 13.6 Å². The summed E-state index contributed by atoms with van der Waals surface area (Å²) >= 11 is 0. The molecule has 0 radical (unpaired) electrons. The predicted molar refractivity (Wildman–Crippen MR) is 138 cm³/mol. The van der Waals surface area contributed by atoms with E-state index in [0.29, 0.717) is 24.9 Å². The number of carbonyl (C=O) groups is 2. The number of rotatable bonds is 7. The second-order valence-corrected chi connectivity index (χ2v) is 9.97. The molecule has 7 nitrogen and oxygen atoms in total. The van der Waals surface area contributed by atoms with E-state index in [4.69, 9.17) is 4.74 Å². The van der Waals surface area contributed by atoms with Crippen LogP contribution in [0.5, 0.6) is 0 Å². The number of nitrogens with zero attached hydrogens (tertiary/aromatic N) is 2. The summed E-state index contributed by atoms with van der Waals surface area (Å²) in [4.78, 5) is 31.1.